The van der Waals surface area contributed by atoms with Gasteiger partial charge in [-0.2, -0.15) is 0 Å². The summed E-state index contributed by atoms with van der Waals surface area (Å²) in [6, 6.07) is 7.65. The minimum absolute atomic E-state index is 0. The molecule has 5 heteroatoms. The van der Waals surface area contributed by atoms with Gasteiger partial charge in [0.2, 0.25) is 5.91 Å². The van der Waals surface area contributed by atoms with Gasteiger partial charge in [-0.3, -0.25) is 4.79 Å². The Labute approximate surface area is 140 Å². The first-order valence-electron chi connectivity index (χ1n) is 7.53. The number of benzene rings is 1. The van der Waals surface area contributed by atoms with Crippen LogP contribution in [-0.2, 0) is 11.2 Å². The second-order valence-corrected chi connectivity index (χ2v) is 6.32. The Hall–Kier alpha value is -1.26. The molecule has 22 heavy (non-hydrogen) atoms. The van der Waals surface area contributed by atoms with E-state index < -0.39 is 0 Å². The summed E-state index contributed by atoms with van der Waals surface area (Å²) in [6.07, 6.45) is 0.452. The molecule has 0 aromatic heterocycles. The number of carbonyl (C=O) groups excluding carboxylic acids is 1. The molecule has 0 radical (unpaired) electrons. The number of ether oxygens (including phenoxy) is 1. The Balaban J connectivity index is 0.00000441. The highest BCUT2D eigenvalue weighted by molar-refractivity contribution is 5.85. The van der Waals surface area contributed by atoms with Gasteiger partial charge in [0.1, 0.15) is 5.75 Å². The molecule has 0 aliphatic rings. The predicted molar refractivity (Wildman–Crippen MR) is 93.6 cm³/mol. The van der Waals surface area contributed by atoms with Crippen LogP contribution in [0.15, 0.2) is 24.3 Å². The largest absolute Gasteiger partial charge is 0.491 e. The van der Waals surface area contributed by atoms with Gasteiger partial charge < -0.3 is 15.8 Å². The number of nitrogens with one attached hydrogen (secondary N) is 1. The van der Waals surface area contributed by atoms with Crippen LogP contribution in [0, 0.1) is 5.92 Å². The molecular formula is C17H29ClN2O2. The zero-order valence-corrected chi connectivity index (χ0v) is 15.0. The minimum Gasteiger partial charge on any atom is -0.491 e. The van der Waals surface area contributed by atoms with Crippen molar-refractivity contribution in [3.05, 3.63) is 29.8 Å². The van der Waals surface area contributed by atoms with Crippen LogP contribution in [0.25, 0.3) is 0 Å². The third-order valence-corrected chi connectivity index (χ3v) is 3.76. The Morgan fingerprint density at radius 1 is 1.32 bits per heavy atom. The molecule has 0 bridgehead atoms. The summed E-state index contributed by atoms with van der Waals surface area (Å²) in [5.41, 5.74) is 6.36. The smallest absolute Gasteiger partial charge is 0.224 e. The first-order chi connectivity index (χ1) is 9.76. The number of rotatable bonds is 7. The molecular weight excluding hydrogens is 300 g/mol. The molecule has 0 saturated carbocycles. The van der Waals surface area contributed by atoms with Crippen LogP contribution in [0.2, 0.25) is 0 Å². The maximum absolute atomic E-state index is 12.2. The summed E-state index contributed by atoms with van der Waals surface area (Å²) in [6.45, 7) is 10.5. The van der Waals surface area contributed by atoms with E-state index in [4.69, 9.17) is 10.5 Å². The van der Waals surface area contributed by atoms with E-state index >= 15 is 0 Å². The zero-order valence-electron chi connectivity index (χ0n) is 14.2. The van der Waals surface area contributed by atoms with Crippen molar-refractivity contribution >= 4 is 18.3 Å². The average molecular weight is 329 g/mol. The lowest BCUT2D eigenvalue weighted by atomic mass is 9.88. The number of hydrogen-bond donors (Lipinski definition) is 2. The Bertz CT molecular complexity index is 477. The van der Waals surface area contributed by atoms with Crippen molar-refractivity contribution in [1.82, 2.24) is 5.32 Å². The fraction of sp³-hybridized carbons (Fsp3) is 0.588. The number of carbonyl (C=O) groups is 1. The maximum atomic E-state index is 12.2. The van der Waals surface area contributed by atoms with Gasteiger partial charge in [-0.05, 0) is 44.4 Å². The lowest BCUT2D eigenvalue weighted by molar-refractivity contribution is -0.122. The Morgan fingerprint density at radius 3 is 2.45 bits per heavy atom. The van der Waals surface area contributed by atoms with Crippen LogP contribution >= 0.6 is 12.4 Å². The van der Waals surface area contributed by atoms with Crippen LogP contribution in [0.3, 0.4) is 0 Å². The van der Waals surface area contributed by atoms with E-state index in [0.29, 0.717) is 13.0 Å². The lowest BCUT2D eigenvalue weighted by Gasteiger charge is -2.33. The second-order valence-electron chi connectivity index (χ2n) is 6.32. The van der Waals surface area contributed by atoms with Gasteiger partial charge in [0.05, 0.1) is 18.1 Å². The number of amides is 1. The van der Waals surface area contributed by atoms with Gasteiger partial charge in [-0.1, -0.05) is 26.0 Å². The molecule has 1 aromatic rings. The topological polar surface area (TPSA) is 64.3 Å². The molecule has 1 rings (SSSR count). The zero-order chi connectivity index (χ0) is 16.0. The Kier molecular flexibility index (Phi) is 8.49. The lowest BCUT2D eigenvalue weighted by Crippen LogP contribution is -2.55. The van der Waals surface area contributed by atoms with E-state index in [9.17, 15) is 4.79 Å². The molecule has 3 N–H and O–H groups in total. The van der Waals surface area contributed by atoms with Gasteiger partial charge in [0.15, 0.2) is 0 Å². The summed E-state index contributed by atoms with van der Waals surface area (Å²) in [5, 5.41) is 3.05. The first-order valence-corrected chi connectivity index (χ1v) is 7.53. The summed E-state index contributed by atoms with van der Waals surface area (Å²) < 4.78 is 5.65. The Morgan fingerprint density at radius 2 is 1.95 bits per heavy atom. The third-order valence-electron chi connectivity index (χ3n) is 3.76. The monoisotopic (exact) mass is 328 g/mol. The van der Waals surface area contributed by atoms with Gasteiger partial charge in [-0.15, -0.1) is 12.4 Å². The average Bonchev–Trinajstić information content (AvgIpc) is 2.37. The highest BCUT2D eigenvalue weighted by Gasteiger charge is 2.28. The molecule has 0 fully saturated rings. The predicted octanol–water partition coefficient (Wildman–Crippen LogP) is 2.93. The molecule has 0 heterocycles. The summed E-state index contributed by atoms with van der Waals surface area (Å²) in [5.74, 6) is 1.06. The summed E-state index contributed by atoms with van der Waals surface area (Å²) in [4.78, 5) is 12.2. The van der Waals surface area contributed by atoms with Gasteiger partial charge >= 0.3 is 0 Å². The summed E-state index contributed by atoms with van der Waals surface area (Å²) in [7, 11) is 0. The number of hydrogen-bond acceptors (Lipinski definition) is 3. The van der Waals surface area contributed by atoms with E-state index in [-0.39, 0.29) is 35.9 Å². The molecule has 0 aliphatic carbocycles. The molecule has 1 aromatic carbocycles. The van der Waals surface area contributed by atoms with Gasteiger partial charge in [-0.25, -0.2) is 0 Å². The van der Waals surface area contributed by atoms with Crippen LogP contribution in [-0.4, -0.2) is 24.1 Å². The van der Waals surface area contributed by atoms with E-state index in [1.807, 2.05) is 45.0 Å². The van der Waals surface area contributed by atoms with Crippen molar-refractivity contribution < 1.29 is 9.53 Å². The number of halogens is 1. The van der Waals surface area contributed by atoms with Crippen molar-refractivity contribution in [2.24, 2.45) is 11.7 Å². The van der Waals surface area contributed by atoms with Gasteiger partial charge in [0.25, 0.3) is 0 Å². The van der Waals surface area contributed by atoms with E-state index in [2.05, 4.69) is 19.2 Å². The normalized spacial score (nSPS) is 13.5. The van der Waals surface area contributed by atoms with Gasteiger partial charge in [0, 0.05) is 6.54 Å². The molecule has 0 saturated heterocycles. The molecule has 1 unspecified atom stereocenters. The standard InChI is InChI=1S/C17H28N2O2.ClH/c1-12(2)17(5,11-18)19-16(20)10-14-7-6-8-15(9-14)21-13(3)4;/h6-9,12-13H,10-11,18H2,1-5H3,(H,19,20);1H. The second kappa shape index (κ2) is 9.01. The van der Waals surface area contributed by atoms with Crippen LogP contribution < -0.4 is 15.8 Å². The highest BCUT2D eigenvalue weighted by atomic mass is 35.5. The molecule has 126 valence electrons. The fourth-order valence-electron chi connectivity index (χ4n) is 1.98. The van der Waals surface area contributed by atoms with Crippen molar-refractivity contribution in [3.63, 3.8) is 0 Å². The SMILES string of the molecule is CC(C)Oc1cccc(CC(=O)NC(C)(CN)C(C)C)c1.Cl. The van der Waals surface area contributed by atoms with Crippen LogP contribution in [0.5, 0.6) is 5.75 Å². The van der Waals surface area contributed by atoms with Crippen molar-refractivity contribution in [1.29, 1.82) is 0 Å². The van der Waals surface area contributed by atoms with Crippen molar-refractivity contribution in [3.8, 4) is 5.75 Å². The van der Waals surface area contributed by atoms with Crippen molar-refractivity contribution in [2.45, 2.75) is 52.7 Å². The molecule has 1 amide bonds. The molecule has 4 nitrogen and oxygen atoms in total. The fourth-order valence-corrected chi connectivity index (χ4v) is 1.98. The summed E-state index contributed by atoms with van der Waals surface area (Å²) >= 11 is 0. The molecule has 0 spiro atoms. The van der Waals surface area contributed by atoms with E-state index in [1.165, 1.54) is 0 Å². The number of nitrogens with two attached hydrogens (primary N) is 1. The minimum atomic E-state index is -0.372. The van der Waals surface area contributed by atoms with E-state index in [0.717, 1.165) is 11.3 Å². The highest BCUT2D eigenvalue weighted by Crippen LogP contribution is 2.17. The molecule has 0 aliphatic heterocycles. The van der Waals surface area contributed by atoms with Crippen LogP contribution in [0.1, 0.15) is 40.2 Å². The third kappa shape index (κ3) is 6.24. The first kappa shape index (κ1) is 20.7. The van der Waals surface area contributed by atoms with E-state index in [1.54, 1.807) is 0 Å². The van der Waals surface area contributed by atoms with Crippen molar-refractivity contribution in [2.75, 3.05) is 6.54 Å². The maximum Gasteiger partial charge on any atom is 0.224 e. The quantitative estimate of drug-likeness (QED) is 0.809. The molecule has 1 atom stereocenters. The van der Waals surface area contributed by atoms with Crippen LogP contribution in [0.4, 0.5) is 0 Å².